The number of hydrogen-bond donors (Lipinski definition) is 1. The number of nitrogens with one attached hydrogen (secondary N) is 1. The first-order valence-electron chi connectivity index (χ1n) is 7.40. The lowest BCUT2D eigenvalue weighted by Gasteiger charge is -2.07. The van der Waals surface area contributed by atoms with E-state index < -0.39 is 0 Å². The summed E-state index contributed by atoms with van der Waals surface area (Å²) in [7, 11) is 0. The summed E-state index contributed by atoms with van der Waals surface area (Å²) < 4.78 is 0. The minimum Gasteiger partial charge on any atom is -0.348 e. The molecule has 3 aromatic rings. The van der Waals surface area contributed by atoms with Crippen LogP contribution in [0, 0.1) is 0 Å². The Bertz CT molecular complexity index is 780. The summed E-state index contributed by atoms with van der Waals surface area (Å²) in [5.41, 5.74) is 3.98. The molecule has 0 aliphatic rings. The van der Waals surface area contributed by atoms with Gasteiger partial charge in [-0.1, -0.05) is 66.2 Å². The van der Waals surface area contributed by atoms with Crippen LogP contribution in [0.3, 0.4) is 0 Å². The molecule has 0 radical (unpaired) electrons. The van der Waals surface area contributed by atoms with Gasteiger partial charge < -0.3 is 5.32 Å². The molecular weight excluding hydrogens is 306 g/mol. The van der Waals surface area contributed by atoms with Crippen LogP contribution in [-0.4, -0.2) is 5.91 Å². The van der Waals surface area contributed by atoms with Gasteiger partial charge in [0.15, 0.2) is 0 Å². The van der Waals surface area contributed by atoms with Crippen molar-refractivity contribution < 1.29 is 4.79 Å². The fraction of sp³-hybridized carbons (Fsp3) is 0.0500. The first-order valence-corrected chi connectivity index (χ1v) is 7.78. The average molecular weight is 322 g/mol. The number of benzene rings is 3. The lowest BCUT2D eigenvalue weighted by molar-refractivity contribution is 0.0951. The molecule has 0 aromatic heterocycles. The maximum absolute atomic E-state index is 12.0. The SMILES string of the molecule is O=C(NCc1ccc(-c2ccc(Cl)cc2)cc1)c1ccccc1. The summed E-state index contributed by atoms with van der Waals surface area (Å²) in [5.74, 6) is -0.0626. The molecule has 0 fully saturated rings. The maximum atomic E-state index is 12.0. The summed E-state index contributed by atoms with van der Waals surface area (Å²) in [6.07, 6.45) is 0. The van der Waals surface area contributed by atoms with Crippen molar-refractivity contribution in [3.05, 3.63) is 95.0 Å². The van der Waals surface area contributed by atoms with Gasteiger partial charge in [0.25, 0.3) is 5.91 Å². The second-order valence-electron chi connectivity index (χ2n) is 5.25. The Kier molecular flexibility index (Phi) is 4.74. The largest absolute Gasteiger partial charge is 0.348 e. The molecule has 0 spiro atoms. The van der Waals surface area contributed by atoms with Gasteiger partial charge in [-0.25, -0.2) is 0 Å². The van der Waals surface area contributed by atoms with Crippen LogP contribution < -0.4 is 5.32 Å². The molecule has 3 rings (SSSR count). The minimum absolute atomic E-state index is 0.0626. The molecule has 2 nitrogen and oxygen atoms in total. The smallest absolute Gasteiger partial charge is 0.251 e. The number of rotatable bonds is 4. The first kappa shape index (κ1) is 15.3. The van der Waals surface area contributed by atoms with Crippen LogP contribution in [0.5, 0.6) is 0 Å². The Morgan fingerprint density at radius 1 is 0.783 bits per heavy atom. The van der Waals surface area contributed by atoms with Crippen molar-refractivity contribution in [1.29, 1.82) is 0 Å². The van der Waals surface area contributed by atoms with E-state index in [-0.39, 0.29) is 5.91 Å². The molecule has 0 atom stereocenters. The summed E-state index contributed by atoms with van der Waals surface area (Å²) >= 11 is 5.91. The quantitative estimate of drug-likeness (QED) is 0.724. The molecular formula is C20H16ClNO. The van der Waals surface area contributed by atoms with E-state index in [1.807, 2.05) is 66.7 Å². The first-order chi connectivity index (χ1) is 11.2. The maximum Gasteiger partial charge on any atom is 0.251 e. The average Bonchev–Trinajstić information content (AvgIpc) is 2.61. The zero-order valence-corrected chi connectivity index (χ0v) is 13.3. The van der Waals surface area contributed by atoms with E-state index in [2.05, 4.69) is 5.32 Å². The highest BCUT2D eigenvalue weighted by Gasteiger charge is 2.04. The Hall–Kier alpha value is -2.58. The van der Waals surface area contributed by atoms with Crippen LogP contribution in [0.1, 0.15) is 15.9 Å². The molecule has 23 heavy (non-hydrogen) atoms. The summed E-state index contributed by atoms with van der Waals surface area (Å²) in [6, 6.07) is 25.1. The minimum atomic E-state index is -0.0626. The Labute approximate surface area is 140 Å². The van der Waals surface area contributed by atoms with Gasteiger partial charge in [0.2, 0.25) is 0 Å². The van der Waals surface area contributed by atoms with Crippen LogP contribution in [0.4, 0.5) is 0 Å². The lowest BCUT2D eigenvalue weighted by atomic mass is 10.0. The van der Waals surface area contributed by atoms with Gasteiger partial charge in [0, 0.05) is 17.1 Å². The number of carbonyl (C=O) groups is 1. The number of hydrogen-bond acceptors (Lipinski definition) is 1. The van der Waals surface area contributed by atoms with E-state index in [0.717, 1.165) is 21.7 Å². The molecule has 0 heterocycles. The van der Waals surface area contributed by atoms with Crippen LogP contribution >= 0.6 is 11.6 Å². The molecule has 0 aliphatic carbocycles. The second-order valence-corrected chi connectivity index (χ2v) is 5.69. The molecule has 0 saturated heterocycles. The normalized spacial score (nSPS) is 10.3. The van der Waals surface area contributed by atoms with Gasteiger partial charge in [0.1, 0.15) is 0 Å². The number of halogens is 1. The van der Waals surface area contributed by atoms with Gasteiger partial charge >= 0.3 is 0 Å². The monoisotopic (exact) mass is 321 g/mol. The molecule has 1 N–H and O–H groups in total. The highest BCUT2D eigenvalue weighted by molar-refractivity contribution is 6.30. The van der Waals surface area contributed by atoms with Crippen molar-refractivity contribution in [2.75, 3.05) is 0 Å². The van der Waals surface area contributed by atoms with Crippen molar-refractivity contribution in [2.45, 2.75) is 6.54 Å². The van der Waals surface area contributed by atoms with E-state index >= 15 is 0 Å². The highest BCUT2D eigenvalue weighted by Crippen LogP contribution is 2.21. The van der Waals surface area contributed by atoms with Gasteiger partial charge in [-0.05, 0) is 41.0 Å². The Morgan fingerprint density at radius 2 is 1.35 bits per heavy atom. The van der Waals surface area contributed by atoms with E-state index in [4.69, 9.17) is 11.6 Å². The van der Waals surface area contributed by atoms with Crippen LogP contribution in [0.25, 0.3) is 11.1 Å². The van der Waals surface area contributed by atoms with Gasteiger partial charge in [0.05, 0.1) is 0 Å². The Balaban J connectivity index is 1.64. The zero-order chi connectivity index (χ0) is 16.1. The molecule has 0 saturated carbocycles. The van der Waals surface area contributed by atoms with Crippen molar-refractivity contribution in [2.24, 2.45) is 0 Å². The van der Waals surface area contributed by atoms with Crippen molar-refractivity contribution in [1.82, 2.24) is 5.32 Å². The fourth-order valence-corrected chi connectivity index (χ4v) is 2.46. The van der Waals surface area contributed by atoms with Crippen molar-refractivity contribution in [3.8, 4) is 11.1 Å². The fourth-order valence-electron chi connectivity index (χ4n) is 2.33. The van der Waals surface area contributed by atoms with E-state index in [1.165, 1.54) is 0 Å². The van der Waals surface area contributed by atoms with Gasteiger partial charge in [-0.15, -0.1) is 0 Å². The van der Waals surface area contributed by atoms with Gasteiger partial charge in [-0.3, -0.25) is 4.79 Å². The third-order valence-electron chi connectivity index (χ3n) is 3.62. The molecule has 3 aromatic carbocycles. The molecule has 114 valence electrons. The van der Waals surface area contributed by atoms with E-state index in [9.17, 15) is 4.79 Å². The third-order valence-corrected chi connectivity index (χ3v) is 3.87. The van der Waals surface area contributed by atoms with E-state index in [1.54, 1.807) is 12.1 Å². The number of amides is 1. The predicted octanol–water partition coefficient (Wildman–Crippen LogP) is 4.94. The van der Waals surface area contributed by atoms with Crippen LogP contribution in [-0.2, 0) is 6.54 Å². The van der Waals surface area contributed by atoms with Gasteiger partial charge in [-0.2, -0.15) is 0 Å². The van der Waals surface area contributed by atoms with E-state index in [0.29, 0.717) is 12.1 Å². The summed E-state index contributed by atoms with van der Waals surface area (Å²) in [4.78, 5) is 12.0. The van der Waals surface area contributed by atoms with Crippen LogP contribution in [0.15, 0.2) is 78.9 Å². The summed E-state index contributed by atoms with van der Waals surface area (Å²) in [5, 5.41) is 3.66. The molecule has 1 amide bonds. The molecule has 0 unspecified atom stereocenters. The zero-order valence-electron chi connectivity index (χ0n) is 12.5. The standard InChI is InChI=1S/C20H16ClNO/c21-19-12-10-17(11-13-19)16-8-6-15(7-9-16)14-22-20(23)18-4-2-1-3-5-18/h1-13H,14H2,(H,22,23). The number of carbonyl (C=O) groups excluding carboxylic acids is 1. The Morgan fingerprint density at radius 3 is 1.96 bits per heavy atom. The lowest BCUT2D eigenvalue weighted by Crippen LogP contribution is -2.22. The summed E-state index contributed by atoms with van der Waals surface area (Å²) in [6.45, 7) is 0.509. The van der Waals surface area contributed by atoms with Crippen molar-refractivity contribution in [3.63, 3.8) is 0 Å². The molecule has 0 bridgehead atoms. The van der Waals surface area contributed by atoms with Crippen LogP contribution in [0.2, 0.25) is 5.02 Å². The van der Waals surface area contributed by atoms with Crippen molar-refractivity contribution >= 4 is 17.5 Å². The molecule has 3 heteroatoms. The highest BCUT2D eigenvalue weighted by atomic mass is 35.5. The predicted molar refractivity (Wildman–Crippen MR) is 94.5 cm³/mol. The second kappa shape index (κ2) is 7.12. The molecule has 0 aliphatic heterocycles. The third kappa shape index (κ3) is 3.99. The topological polar surface area (TPSA) is 29.1 Å².